The van der Waals surface area contributed by atoms with Crippen molar-refractivity contribution >= 4 is 40.1 Å². The summed E-state index contributed by atoms with van der Waals surface area (Å²) in [5.41, 5.74) is 4.39. The van der Waals surface area contributed by atoms with E-state index in [1.165, 1.54) is 21.8 Å². The summed E-state index contributed by atoms with van der Waals surface area (Å²) in [5, 5.41) is 5.13. The van der Waals surface area contributed by atoms with Crippen molar-refractivity contribution in [2.45, 2.75) is 33.1 Å². The normalized spacial score (nSPS) is 14.6. The average molecular weight is 417 g/mol. The summed E-state index contributed by atoms with van der Waals surface area (Å²) in [5.74, 6) is -0.646. The van der Waals surface area contributed by atoms with Gasteiger partial charge >= 0.3 is 0 Å². The second kappa shape index (κ2) is 7.58. The number of imide groups is 1. The number of amides is 2. The van der Waals surface area contributed by atoms with E-state index in [9.17, 15) is 9.59 Å². The molecule has 5 heteroatoms. The number of hydrogen-bond donors (Lipinski definition) is 1. The Bertz CT molecular complexity index is 1120. The van der Waals surface area contributed by atoms with Crippen LogP contribution in [0, 0.1) is 6.92 Å². The fraction of sp³-hybridized carbons (Fsp3) is 0.200. The van der Waals surface area contributed by atoms with Crippen molar-refractivity contribution < 1.29 is 9.59 Å². The molecule has 1 aromatic heterocycles. The summed E-state index contributed by atoms with van der Waals surface area (Å²) >= 11 is 1.45. The van der Waals surface area contributed by atoms with Crippen molar-refractivity contribution in [3.8, 4) is 0 Å². The van der Waals surface area contributed by atoms with Crippen molar-refractivity contribution in [3.63, 3.8) is 0 Å². The largest absolute Gasteiger partial charge is 0.350 e. The van der Waals surface area contributed by atoms with Gasteiger partial charge in [0.2, 0.25) is 0 Å². The van der Waals surface area contributed by atoms with Crippen LogP contribution in [0.15, 0.2) is 71.7 Å². The van der Waals surface area contributed by atoms with Crippen LogP contribution in [0.1, 0.15) is 36.8 Å². The van der Waals surface area contributed by atoms with Crippen LogP contribution < -0.4 is 10.2 Å². The lowest BCUT2D eigenvalue weighted by atomic mass is 9.87. The summed E-state index contributed by atoms with van der Waals surface area (Å²) in [7, 11) is 0. The molecular weight excluding hydrogens is 392 g/mol. The smallest absolute Gasteiger partial charge is 0.282 e. The van der Waals surface area contributed by atoms with Gasteiger partial charge in [-0.1, -0.05) is 56.7 Å². The quantitative estimate of drug-likeness (QED) is 0.551. The second-order valence-corrected chi connectivity index (χ2v) is 9.41. The van der Waals surface area contributed by atoms with Gasteiger partial charge in [0.15, 0.2) is 0 Å². The summed E-state index contributed by atoms with van der Waals surface area (Å²) in [6, 6.07) is 19.2. The molecule has 2 aromatic carbocycles. The highest BCUT2D eigenvalue weighted by molar-refractivity contribution is 7.11. The van der Waals surface area contributed by atoms with Crippen LogP contribution >= 0.6 is 11.3 Å². The third-order valence-corrected chi connectivity index (χ3v) is 6.05. The molecule has 0 radical (unpaired) electrons. The van der Waals surface area contributed by atoms with E-state index in [2.05, 4.69) is 26.1 Å². The number of thiophene rings is 1. The van der Waals surface area contributed by atoms with Gasteiger partial charge in [0.25, 0.3) is 11.8 Å². The first kappa shape index (κ1) is 20.1. The molecule has 0 saturated heterocycles. The zero-order chi connectivity index (χ0) is 21.5. The Balaban J connectivity index is 1.73. The molecule has 0 unspecified atom stereocenters. The van der Waals surface area contributed by atoms with Gasteiger partial charge in [-0.3, -0.25) is 9.59 Å². The number of carbonyl (C=O) groups excluding carboxylic acids is 2. The van der Waals surface area contributed by atoms with Gasteiger partial charge in [-0.2, -0.15) is 0 Å². The molecule has 0 fully saturated rings. The Hall–Kier alpha value is -3.18. The number of nitrogens with zero attached hydrogens (tertiary/aromatic N) is 1. The topological polar surface area (TPSA) is 49.4 Å². The monoisotopic (exact) mass is 416 g/mol. The maximum Gasteiger partial charge on any atom is 0.282 e. The van der Waals surface area contributed by atoms with Gasteiger partial charge in [-0.05, 0) is 53.6 Å². The molecule has 4 rings (SSSR count). The molecule has 30 heavy (non-hydrogen) atoms. The molecule has 2 heterocycles. The van der Waals surface area contributed by atoms with Crippen molar-refractivity contribution in [2.75, 3.05) is 10.2 Å². The lowest BCUT2D eigenvalue weighted by molar-refractivity contribution is -0.120. The van der Waals surface area contributed by atoms with E-state index in [1.807, 2.05) is 60.8 Å². The predicted octanol–water partition coefficient (Wildman–Crippen LogP) is 5.75. The van der Waals surface area contributed by atoms with Crippen LogP contribution in [0.25, 0.3) is 5.57 Å². The third-order valence-electron chi connectivity index (χ3n) is 5.16. The van der Waals surface area contributed by atoms with Crippen LogP contribution in [-0.2, 0) is 15.0 Å². The fourth-order valence-electron chi connectivity index (χ4n) is 3.42. The van der Waals surface area contributed by atoms with E-state index in [1.54, 1.807) is 12.1 Å². The molecule has 0 spiro atoms. The first-order valence-corrected chi connectivity index (χ1v) is 10.7. The van der Waals surface area contributed by atoms with E-state index in [-0.39, 0.29) is 17.2 Å². The molecule has 0 bridgehead atoms. The first-order valence-electron chi connectivity index (χ1n) is 9.87. The van der Waals surface area contributed by atoms with Crippen LogP contribution in [0.2, 0.25) is 0 Å². The highest BCUT2D eigenvalue weighted by Gasteiger charge is 2.40. The van der Waals surface area contributed by atoms with Gasteiger partial charge in [0, 0.05) is 10.6 Å². The Morgan fingerprint density at radius 3 is 2.10 bits per heavy atom. The molecule has 1 aliphatic heterocycles. The minimum atomic E-state index is -0.341. The second-order valence-electron chi connectivity index (χ2n) is 8.46. The van der Waals surface area contributed by atoms with Crippen molar-refractivity contribution in [2.24, 2.45) is 0 Å². The van der Waals surface area contributed by atoms with Crippen LogP contribution in [0.3, 0.4) is 0 Å². The molecule has 4 nitrogen and oxygen atoms in total. The van der Waals surface area contributed by atoms with Crippen molar-refractivity contribution in [1.82, 2.24) is 0 Å². The molecule has 152 valence electrons. The number of rotatable bonds is 4. The number of nitrogens with one attached hydrogen (secondary N) is 1. The predicted molar refractivity (Wildman–Crippen MR) is 124 cm³/mol. The van der Waals surface area contributed by atoms with Crippen LogP contribution in [-0.4, -0.2) is 11.8 Å². The van der Waals surface area contributed by atoms with E-state index in [0.717, 1.165) is 16.1 Å². The number of aryl methyl sites for hydroxylation is 1. The summed E-state index contributed by atoms with van der Waals surface area (Å²) in [4.78, 5) is 28.7. The first-order chi connectivity index (χ1) is 14.3. The third kappa shape index (κ3) is 3.68. The standard InChI is InChI=1S/C25H24N2O2S/c1-16-7-13-19(14-8-16)27-23(28)21(20-6-5-15-30-20)22(24(27)29)26-18-11-9-17(10-12-18)25(2,3)4/h5-15,26H,1-4H3. The van der Waals surface area contributed by atoms with Crippen LogP contribution in [0.5, 0.6) is 0 Å². The molecule has 0 atom stereocenters. The lowest BCUT2D eigenvalue weighted by Crippen LogP contribution is -2.32. The Morgan fingerprint density at radius 1 is 0.867 bits per heavy atom. The molecule has 0 saturated carbocycles. The molecule has 2 amide bonds. The van der Waals surface area contributed by atoms with E-state index in [0.29, 0.717) is 17.0 Å². The van der Waals surface area contributed by atoms with Crippen molar-refractivity contribution in [1.29, 1.82) is 0 Å². The molecule has 1 N–H and O–H groups in total. The minimum Gasteiger partial charge on any atom is -0.350 e. The Kier molecular flexibility index (Phi) is 5.08. The van der Waals surface area contributed by atoms with Gasteiger partial charge < -0.3 is 5.32 Å². The van der Waals surface area contributed by atoms with E-state index >= 15 is 0 Å². The molecule has 3 aromatic rings. The van der Waals surface area contributed by atoms with Gasteiger partial charge in [-0.15, -0.1) is 11.3 Å². The molecule has 0 aliphatic carbocycles. The number of carbonyl (C=O) groups is 2. The summed E-state index contributed by atoms with van der Waals surface area (Å²) in [6.07, 6.45) is 0. The highest BCUT2D eigenvalue weighted by Crippen LogP contribution is 2.35. The van der Waals surface area contributed by atoms with Gasteiger partial charge in [-0.25, -0.2) is 4.90 Å². The number of anilines is 2. The fourth-order valence-corrected chi connectivity index (χ4v) is 4.19. The number of hydrogen-bond acceptors (Lipinski definition) is 4. The summed E-state index contributed by atoms with van der Waals surface area (Å²) < 4.78 is 0. The van der Waals surface area contributed by atoms with Gasteiger partial charge in [0.05, 0.1) is 11.3 Å². The maximum absolute atomic E-state index is 13.3. The average Bonchev–Trinajstić information content (AvgIpc) is 3.30. The zero-order valence-corrected chi connectivity index (χ0v) is 18.3. The molecule has 1 aliphatic rings. The SMILES string of the molecule is Cc1ccc(N2C(=O)C(Nc3ccc(C(C)(C)C)cc3)=C(c3cccs3)C2=O)cc1. The summed E-state index contributed by atoms with van der Waals surface area (Å²) in [6.45, 7) is 8.45. The maximum atomic E-state index is 13.3. The van der Waals surface area contributed by atoms with E-state index < -0.39 is 0 Å². The zero-order valence-electron chi connectivity index (χ0n) is 17.5. The number of benzene rings is 2. The Morgan fingerprint density at radius 2 is 1.53 bits per heavy atom. The van der Waals surface area contributed by atoms with Crippen LogP contribution in [0.4, 0.5) is 11.4 Å². The molecular formula is C25H24N2O2S. The minimum absolute atomic E-state index is 0.0430. The van der Waals surface area contributed by atoms with Crippen molar-refractivity contribution in [3.05, 3.63) is 87.7 Å². The van der Waals surface area contributed by atoms with E-state index in [4.69, 9.17) is 0 Å². The lowest BCUT2D eigenvalue weighted by Gasteiger charge is -2.19. The highest BCUT2D eigenvalue weighted by atomic mass is 32.1. The Labute approximate surface area is 180 Å². The van der Waals surface area contributed by atoms with Gasteiger partial charge in [0.1, 0.15) is 5.70 Å².